The van der Waals surface area contributed by atoms with E-state index in [0.29, 0.717) is 0 Å². The number of fused-ring (bicyclic) bond motifs is 6. The fourth-order valence-electron chi connectivity index (χ4n) is 6.62. The first-order valence-electron chi connectivity index (χ1n) is 15.4. The van der Waals surface area contributed by atoms with Crippen LogP contribution in [0.3, 0.4) is 0 Å². The van der Waals surface area contributed by atoms with E-state index in [9.17, 15) is 0 Å². The lowest BCUT2D eigenvalue weighted by molar-refractivity contribution is 0.491. The van der Waals surface area contributed by atoms with E-state index < -0.39 is 0 Å². The molecule has 0 bridgehead atoms. The molecule has 2 heterocycles. The summed E-state index contributed by atoms with van der Waals surface area (Å²) in [6.07, 6.45) is 1.00. The topological polar surface area (TPSA) is 0 Å². The van der Waals surface area contributed by atoms with Crippen molar-refractivity contribution >= 4 is 63.0 Å². The van der Waals surface area contributed by atoms with Gasteiger partial charge in [-0.05, 0) is 92.3 Å². The lowest BCUT2D eigenvalue weighted by atomic mass is 9.71. The minimum Gasteiger partial charge on any atom is -0.135 e. The van der Waals surface area contributed by atoms with Crippen molar-refractivity contribution in [2.24, 2.45) is 0 Å². The van der Waals surface area contributed by atoms with E-state index in [-0.39, 0.29) is 21.7 Å². The predicted molar refractivity (Wildman–Crippen MR) is 191 cm³/mol. The quantitative estimate of drug-likeness (QED) is 0.192. The molecule has 0 spiro atoms. The molecule has 0 fully saturated rings. The van der Waals surface area contributed by atoms with Gasteiger partial charge in [-0.1, -0.05) is 106 Å². The molecule has 2 heteroatoms. The van der Waals surface area contributed by atoms with Crippen LogP contribution in [0.5, 0.6) is 0 Å². The third kappa shape index (κ3) is 5.09. The molecule has 0 aliphatic rings. The van der Waals surface area contributed by atoms with E-state index in [4.69, 9.17) is 0 Å². The van der Waals surface area contributed by atoms with Crippen molar-refractivity contribution < 1.29 is 0 Å². The summed E-state index contributed by atoms with van der Waals surface area (Å²) in [5.74, 6) is 0. The first kappa shape index (κ1) is 29.4. The highest BCUT2D eigenvalue weighted by Gasteiger charge is 2.31. The number of hydrogen-bond acceptors (Lipinski definition) is 2. The molecule has 6 rings (SSSR count). The molecule has 0 saturated carbocycles. The second-order valence-corrected chi connectivity index (χ2v) is 18.3. The van der Waals surface area contributed by atoms with Crippen molar-refractivity contribution in [2.45, 2.75) is 104 Å². The Morgan fingerprint density at radius 2 is 1.12 bits per heavy atom. The van der Waals surface area contributed by atoms with Gasteiger partial charge in [0.15, 0.2) is 0 Å². The fraction of sp³-hybridized carbons (Fsp3) is 0.400. The van der Waals surface area contributed by atoms with Gasteiger partial charge in [0, 0.05) is 40.3 Å². The molecule has 4 aromatic carbocycles. The van der Waals surface area contributed by atoms with Crippen LogP contribution in [0, 0.1) is 0 Å². The SMILES string of the molecule is CC(C)(C)c1ccc2sc3c(C(C)(C)C)cc(CC(C)(C)c4cc5sc6ccccc6c5cc4C(C)(C)C)cc3c2c1. The Bertz CT molecular complexity index is 1970. The molecule has 0 saturated heterocycles. The zero-order valence-corrected chi connectivity index (χ0v) is 29.0. The van der Waals surface area contributed by atoms with E-state index in [2.05, 4.69) is 143 Å². The summed E-state index contributed by atoms with van der Waals surface area (Å²) in [6.45, 7) is 26.1. The average Bonchev–Trinajstić information content (AvgIpc) is 3.43. The first-order valence-corrected chi connectivity index (χ1v) is 17.0. The van der Waals surface area contributed by atoms with Crippen LogP contribution in [-0.4, -0.2) is 0 Å². The van der Waals surface area contributed by atoms with Gasteiger partial charge in [-0.2, -0.15) is 0 Å². The molecule has 0 N–H and O–H groups in total. The van der Waals surface area contributed by atoms with Crippen LogP contribution in [0.25, 0.3) is 40.3 Å². The van der Waals surface area contributed by atoms with Crippen LogP contribution in [-0.2, 0) is 28.1 Å². The second kappa shape index (κ2) is 9.66. The molecule has 0 unspecified atom stereocenters. The molecule has 0 aliphatic carbocycles. The Balaban J connectivity index is 1.55. The summed E-state index contributed by atoms with van der Waals surface area (Å²) in [5, 5.41) is 5.62. The minimum absolute atomic E-state index is 0.0296. The zero-order valence-electron chi connectivity index (χ0n) is 27.4. The van der Waals surface area contributed by atoms with Gasteiger partial charge in [-0.25, -0.2) is 0 Å². The minimum atomic E-state index is -0.0296. The first-order chi connectivity index (χ1) is 19.4. The molecular weight excluding hydrogens is 545 g/mol. The van der Waals surface area contributed by atoms with E-state index in [0.717, 1.165) is 6.42 Å². The van der Waals surface area contributed by atoms with Gasteiger partial charge < -0.3 is 0 Å². The normalized spacial score (nSPS) is 13.7. The number of hydrogen-bond donors (Lipinski definition) is 0. The molecule has 0 aliphatic heterocycles. The Morgan fingerprint density at radius 3 is 1.79 bits per heavy atom. The number of benzene rings is 4. The van der Waals surface area contributed by atoms with Crippen LogP contribution in [0.4, 0.5) is 0 Å². The van der Waals surface area contributed by atoms with Gasteiger partial charge in [0.2, 0.25) is 0 Å². The molecule has 218 valence electrons. The lowest BCUT2D eigenvalue weighted by Gasteiger charge is -2.33. The molecule has 42 heavy (non-hydrogen) atoms. The maximum absolute atomic E-state index is 2.53. The van der Waals surface area contributed by atoms with Crippen LogP contribution in [0.2, 0.25) is 0 Å². The van der Waals surface area contributed by atoms with Crippen molar-refractivity contribution in [2.75, 3.05) is 0 Å². The predicted octanol–water partition coefficient (Wildman–Crippen LogP) is 12.8. The van der Waals surface area contributed by atoms with E-state index in [1.54, 1.807) is 0 Å². The maximum atomic E-state index is 2.53. The van der Waals surface area contributed by atoms with E-state index in [1.807, 2.05) is 22.7 Å². The molecule has 0 radical (unpaired) electrons. The molecule has 2 aromatic heterocycles. The highest BCUT2D eigenvalue weighted by atomic mass is 32.1. The highest BCUT2D eigenvalue weighted by Crippen LogP contribution is 2.46. The molecular formula is C40H46S2. The summed E-state index contributed by atoms with van der Waals surface area (Å²) in [4.78, 5) is 0. The summed E-state index contributed by atoms with van der Waals surface area (Å²) in [5.41, 5.74) is 7.49. The van der Waals surface area contributed by atoms with Crippen molar-refractivity contribution in [3.63, 3.8) is 0 Å². The van der Waals surface area contributed by atoms with Gasteiger partial charge >= 0.3 is 0 Å². The Morgan fingerprint density at radius 1 is 0.476 bits per heavy atom. The number of thiophene rings is 2. The summed E-state index contributed by atoms with van der Waals surface area (Å²) >= 11 is 3.90. The third-order valence-electron chi connectivity index (χ3n) is 9.00. The second-order valence-electron chi connectivity index (χ2n) is 16.1. The monoisotopic (exact) mass is 590 g/mol. The van der Waals surface area contributed by atoms with Crippen molar-refractivity contribution in [3.8, 4) is 0 Å². The Kier molecular flexibility index (Phi) is 6.76. The van der Waals surface area contributed by atoms with Crippen LogP contribution < -0.4 is 0 Å². The van der Waals surface area contributed by atoms with Gasteiger partial charge in [-0.15, -0.1) is 22.7 Å². The smallest absolute Gasteiger partial charge is 0.0392 e. The van der Waals surface area contributed by atoms with E-state index in [1.165, 1.54) is 68.2 Å². The van der Waals surface area contributed by atoms with Crippen molar-refractivity contribution in [1.29, 1.82) is 0 Å². The maximum Gasteiger partial charge on any atom is 0.0392 e. The number of rotatable bonds is 3. The standard InChI is InChI=1S/C40H46S2/c1-37(2,3)25-16-17-34-27(20-25)29-18-24(19-32(36(29)42-34)39(7,8)9)23-40(10,11)31-22-35-28(21-30(31)38(4,5)6)26-14-12-13-15-33(26)41-35/h12-22H,23H2,1-11H3. The molecule has 0 nitrogen and oxygen atoms in total. The Labute approximate surface area is 260 Å². The Hall–Kier alpha value is -2.68. The van der Waals surface area contributed by atoms with Gasteiger partial charge in [-0.3, -0.25) is 0 Å². The van der Waals surface area contributed by atoms with Crippen LogP contribution >= 0.6 is 22.7 Å². The highest BCUT2D eigenvalue weighted by molar-refractivity contribution is 7.26. The molecule has 0 atom stereocenters. The average molecular weight is 591 g/mol. The van der Waals surface area contributed by atoms with Crippen molar-refractivity contribution in [3.05, 3.63) is 94.5 Å². The molecule has 6 aromatic rings. The summed E-state index contributed by atoms with van der Waals surface area (Å²) < 4.78 is 5.62. The summed E-state index contributed by atoms with van der Waals surface area (Å²) in [7, 11) is 0. The fourth-order valence-corrected chi connectivity index (χ4v) is 9.14. The lowest BCUT2D eigenvalue weighted by Crippen LogP contribution is -2.27. The van der Waals surface area contributed by atoms with Gasteiger partial charge in [0.25, 0.3) is 0 Å². The largest absolute Gasteiger partial charge is 0.135 e. The van der Waals surface area contributed by atoms with Crippen LogP contribution in [0.1, 0.15) is 104 Å². The summed E-state index contributed by atoms with van der Waals surface area (Å²) in [6, 6.07) is 26.1. The van der Waals surface area contributed by atoms with Gasteiger partial charge in [0.1, 0.15) is 0 Å². The van der Waals surface area contributed by atoms with Crippen molar-refractivity contribution in [1.82, 2.24) is 0 Å². The third-order valence-corrected chi connectivity index (χ3v) is 11.4. The van der Waals surface area contributed by atoms with Gasteiger partial charge in [0.05, 0.1) is 0 Å². The van der Waals surface area contributed by atoms with Crippen LogP contribution in [0.15, 0.2) is 66.7 Å². The zero-order chi connectivity index (χ0) is 30.4. The van der Waals surface area contributed by atoms with E-state index >= 15 is 0 Å². The molecule has 0 amide bonds.